The van der Waals surface area contributed by atoms with E-state index in [1.807, 2.05) is 13.8 Å². The van der Waals surface area contributed by atoms with Crippen molar-refractivity contribution in [1.29, 1.82) is 0 Å². The van der Waals surface area contributed by atoms with E-state index in [2.05, 4.69) is 17.2 Å². The highest BCUT2D eigenvalue weighted by Crippen LogP contribution is 2.11. The van der Waals surface area contributed by atoms with Crippen LogP contribution in [0.5, 0.6) is 0 Å². The minimum absolute atomic E-state index is 0.551. The lowest BCUT2D eigenvalue weighted by molar-refractivity contribution is -0.322. The number of ether oxygens (including phenoxy) is 3. The van der Waals surface area contributed by atoms with Crippen LogP contribution in [0.4, 0.5) is 0 Å². The van der Waals surface area contributed by atoms with Gasteiger partial charge in [-0.05, 0) is 20.3 Å². The van der Waals surface area contributed by atoms with Gasteiger partial charge < -0.3 is 14.2 Å². The molecule has 0 spiro atoms. The molecule has 77 valence electrons. The Balaban J connectivity index is 3.76. The van der Waals surface area contributed by atoms with Crippen molar-refractivity contribution < 1.29 is 14.2 Å². The maximum absolute atomic E-state index is 5.42. The van der Waals surface area contributed by atoms with Crippen molar-refractivity contribution >= 4 is 10.2 Å². The normalized spacial score (nSPS) is 12.0. The summed E-state index contributed by atoms with van der Waals surface area (Å²) in [5.74, 6) is 0. The smallest absolute Gasteiger partial charge is 0.248 e. The zero-order valence-electron chi connectivity index (χ0n) is 8.76. The second-order valence-corrected chi connectivity index (χ2v) is 3.24. The van der Waals surface area contributed by atoms with Crippen LogP contribution in [0.2, 0.25) is 0 Å². The molecule has 0 aliphatic carbocycles. The maximum atomic E-state index is 5.42. The summed E-state index contributed by atoms with van der Waals surface area (Å²) in [4.78, 5) is 0. The third-order valence-corrected chi connectivity index (χ3v) is 1.89. The molecule has 13 heavy (non-hydrogen) atoms. The molecule has 0 heterocycles. The van der Waals surface area contributed by atoms with E-state index in [0.717, 1.165) is 12.8 Å². The molecule has 0 aromatic carbocycles. The van der Waals surface area contributed by atoms with Gasteiger partial charge in [0.25, 0.3) is 0 Å². The van der Waals surface area contributed by atoms with Crippen molar-refractivity contribution in [2.24, 2.45) is 0 Å². The Labute approximate surface area is 84.2 Å². The summed E-state index contributed by atoms with van der Waals surface area (Å²) in [7, 11) is 3.32. The summed E-state index contributed by atoms with van der Waals surface area (Å²) < 4.78 is 16.0. The highest BCUT2D eigenvalue weighted by Gasteiger charge is 2.25. The Morgan fingerprint density at radius 1 is 1.00 bits per heavy atom. The van der Waals surface area contributed by atoms with Gasteiger partial charge in [-0.2, -0.15) is 0 Å². The molecule has 3 nitrogen and oxygen atoms in total. The van der Waals surface area contributed by atoms with Crippen molar-refractivity contribution in [3.8, 4) is 0 Å². The molecule has 0 saturated carbocycles. The lowest BCUT2D eigenvalue weighted by Gasteiger charge is -2.29. The van der Waals surface area contributed by atoms with Gasteiger partial charge in [-0.1, -0.05) is 13.3 Å². The standard InChI is InChI=1S/C9H19O3Si/c1-4-7-8-12-9(13,10-5-2)11-6-3/h4-8H2,1-3H3. The molecule has 0 fully saturated rings. The highest BCUT2D eigenvalue weighted by molar-refractivity contribution is 6.12. The molecule has 0 aromatic rings. The molecule has 4 heteroatoms. The quantitative estimate of drug-likeness (QED) is 0.341. The van der Waals surface area contributed by atoms with Crippen LogP contribution in [0.3, 0.4) is 0 Å². The Morgan fingerprint density at radius 3 is 1.92 bits per heavy atom. The van der Waals surface area contributed by atoms with E-state index >= 15 is 0 Å². The fourth-order valence-corrected chi connectivity index (χ4v) is 1.25. The van der Waals surface area contributed by atoms with Gasteiger partial charge in [0.15, 0.2) is 10.2 Å². The third-order valence-electron chi connectivity index (χ3n) is 1.46. The van der Waals surface area contributed by atoms with Crippen molar-refractivity contribution in [1.82, 2.24) is 0 Å². The van der Waals surface area contributed by atoms with Crippen LogP contribution in [0.15, 0.2) is 0 Å². The van der Waals surface area contributed by atoms with E-state index in [1.54, 1.807) is 0 Å². The first-order valence-electron chi connectivity index (χ1n) is 4.85. The van der Waals surface area contributed by atoms with E-state index in [0.29, 0.717) is 19.8 Å². The average Bonchev–Trinajstić information content (AvgIpc) is 2.05. The van der Waals surface area contributed by atoms with E-state index in [-0.39, 0.29) is 0 Å². The van der Waals surface area contributed by atoms with Crippen LogP contribution in [-0.4, -0.2) is 35.7 Å². The minimum atomic E-state index is -1.04. The van der Waals surface area contributed by atoms with Crippen LogP contribution in [-0.2, 0) is 14.2 Å². The largest absolute Gasteiger partial charge is 0.332 e. The van der Waals surface area contributed by atoms with Crippen LogP contribution in [0, 0.1) is 0 Å². The minimum Gasteiger partial charge on any atom is -0.332 e. The number of unbranched alkanes of at least 4 members (excludes halogenated alkanes) is 1. The topological polar surface area (TPSA) is 27.7 Å². The molecule has 0 aromatic heterocycles. The Hall–Kier alpha value is 0.0969. The van der Waals surface area contributed by atoms with Gasteiger partial charge in [0.05, 0.1) is 6.61 Å². The number of hydrogen-bond acceptors (Lipinski definition) is 3. The van der Waals surface area contributed by atoms with Crippen LogP contribution < -0.4 is 0 Å². The maximum Gasteiger partial charge on any atom is 0.248 e. The molecule has 0 aliphatic rings. The first kappa shape index (κ1) is 13.1. The number of hydrogen-bond donors (Lipinski definition) is 0. The summed E-state index contributed by atoms with van der Waals surface area (Å²) in [6.45, 7) is 7.65. The first-order chi connectivity index (χ1) is 6.18. The average molecular weight is 203 g/mol. The van der Waals surface area contributed by atoms with Gasteiger partial charge in [0, 0.05) is 13.2 Å². The fourth-order valence-electron chi connectivity index (χ4n) is 0.856. The summed E-state index contributed by atoms with van der Waals surface area (Å²) in [5.41, 5.74) is -1.04. The molecule has 0 unspecified atom stereocenters. The predicted molar refractivity (Wildman–Crippen MR) is 52.6 cm³/mol. The molecule has 0 bridgehead atoms. The highest BCUT2D eigenvalue weighted by atomic mass is 28.1. The van der Waals surface area contributed by atoms with Crippen LogP contribution in [0.25, 0.3) is 0 Å². The lowest BCUT2D eigenvalue weighted by atomic mass is 10.4. The Kier molecular flexibility index (Phi) is 7.55. The fraction of sp³-hybridized carbons (Fsp3) is 1.00. The van der Waals surface area contributed by atoms with E-state index in [1.165, 1.54) is 0 Å². The molecule has 0 aliphatic heterocycles. The summed E-state index contributed by atoms with van der Waals surface area (Å²) in [5, 5.41) is 0. The molecule has 0 atom stereocenters. The molecular formula is C9H19O3Si. The van der Waals surface area contributed by atoms with Gasteiger partial charge in [-0.15, -0.1) is 0 Å². The summed E-state index contributed by atoms with van der Waals surface area (Å²) >= 11 is 0. The molecule has 3 radical (unpaired) electrons. The Morgan fingerprint density at radius 2 is 1.54 bits per heavy atom. The van der Waals surface area contributed by atoms with Crippen LogP contribution >= 0.6 is 0 Å². The van der Waals surface area contributed by atoms with Crippen molar-refractivity contribution in [2.45, 2.75) is 39.2 Å². The molecular weight excluding hydrogens is 184 g/mol. The van der Waals surface area contributed by atoms with E-state index in [4.69, 9.17) is 14.2 Å². The monoisotopic (exact) mass is 203 g/mol. The number of rotatable bonds is 8. The Bertz CT molecular complexity index is 113. The lowest BCUT2D eigenvalue weighted by Crippen LogP contribution is -2.40. The van der Waals surface area contributed by atoms with Crippen molar-refractivity contribution in [3.05, 3.63) is 0 Å². The van der Waals surface area contributed by atoms with Crippen molar-refractivity contribution in [2.75, 3.05) is 19.8 Å². The summed E-state index contributed by atoms with van der Waals surface area (Å²) in [6, 6.07) is 0. The molecule has 0 amide bonds. The third kappa shape index (κ3) is 6.21. The van der Waals surface area contributed by atoms with Gasteiger partial charge >= 0.3 is 0 Å². The molecule has 0 saturated heterocycles. The van der Waals surface area contributed by atoms with Gasteiger partial charge in [-0.3, -0.25) is 0 Å². The summed E-state index contributed by atoms with van der Waals surface area (Å²) in [6.07, 6.45) is 2.10. The molecule has 0 rings (SSSR count). The first-order valence-corrected chi connectivity index (χ1v) is 5.35. The van der Waals surface area contributed by atoms with E-state index in [9.17, 15) is 0 Å². The van der Waals surface area contributed by atoms with Gasteiger partial charge in [-0.25, -0.2) is 0 Å². The van der Waals surface area contributed by atoms with Gasteiger partial charge in [0.1, 0.15) is 0 Å². The second-order valence-electron chi connectivity index (χ2n) is 2.62. The zero-order chi connectivity index (χ0) is 10.2. The van der Waals surface area contributed by atoms with E-state index < -0.39 is 5.60 Å². The zero-order valence-corrected chi connectivity index (χ0v) is 9.76. The SMILES string of the molecule is CCCCOC([Si])(OCC)OCC. The van der Waals surface area contributed by atoms with Gasteiger partial charge in [0.2, 0.25) is 5.60 Å². The van der Waals surface area contributed by atoms with Crippen LogP contribution in [0.1, 0.15) is 33.6 Å². The second kappa shape index (κ2) is 7.50. The molecule has 0 N–H and O–H groups in total. The van der Waals surface area contributed by atoms with Crippen molar-refractivity contribution in [3.63, 3.8) is 0 Å². The predicted octanol–water partition coefficient (Wildman–Crippen LogP) is 1.66.